The van der Waals surface area contributed by atoms with E-state index in [9.17, 15) is 23.3 Å². The van der Waals surface area contributed by atoms with Crippen LogP contribution < -0.4 is 10.2 Å². The minimum atomic E-state index is -3.69. The molecule has 0 unspecified atom stereocenters. The average Bonchev–Trinajstić information content (AvgIpc) is 2.73. The smallest absolute Gasteiger partial charge is 0.270 e. The lowest BCUT2D eigenvalue weighted by Crippen LogP contribution is -2.47. The Morgan fingerprint density at radius 2 is 1.77 bits per heavy atom. The second kappa shape index (κ2) is 9.00. The van der Waals surface area contributed by atoms with Crippen LogP contribution in [0, 0.1) is 10.1 Å². The number of hydrogen-bond donors (Lipinski definition) is 1. The van der Waals surface area contributed by atoms with Gasteiger partial charge in [0.05, 0.1) is 15.4 Å². The number of carbonyl (C=O) groups is 1. The number of rotatable bonds is 6. The summed E-state index contributed by atoms with van der Waals surface area (Å²) in [5.41, 5.74) is 0.703. The summed E-state index contributed by atoms with van der Waals surface area (Å²) in [7, 11) is 1.70. The number of amides is 1. The predicted molar refractivity (Wildman–Crippen MR) is 118 cm³/mol. The van der Waals surface area contributed by atoms with Crippen LogP contribution >= 0.6 is 0 Å². The number of benzene rings is 2. The molecule has 0 aromatic heterocycles. The summed E-state index contributed by atoms with van der Waals surface area (Å²) in [6, 6.07) is 10.1. The first-order chi connectivity index (χ1) is 14.6. The third kappa shape index (κ3) is 5.01. The molecule has 1 N–H and O–H groups in total. The molecule has 1 heterocycles. The number of hydrogen-bond acceptors (Lipinski definition) is 7. The van der Waals surface area contributed by atoms with Gasteiger partial charge in [0.25, 0.3) is 11.6 Å². The zero-order valence-corrected chi connectivity index (χ0v) is 18.4. The summed E-state index contributed by atoms with van der Waals surface area (Å²) < 4.78 is 27.4. The fourth-order valence-electron chi connectivity index (χ4n) is 3.32. The Labute approximate surface area is 181 Å². The number of piperazine rings is 1. The van der Waals surface area contributed by atoms with Crippen LogP contribution in [-0.2, 0) is 10.0 Å². The molecule has 0 spiro atoms. The van der Waals surface area contributed by atoms with Crippen molar-refractivity contribution in [2.75, 3.05) is 57.5 Å². The molecule has 0 saturated carbocycles. The highest BCUT2D eigenvalue weighted by molar-refractivity contribution is 7.89. The van der Waals surface area contributed by atoms with Crippen molar-refractivity contribution in [1.82, 2.24) is 9.21 Å². The highest BCUT2D eigenvalue weighted by Gasteiger charge is 2.28. The Balaban J connectivity index is 1.87. The number of nitro groups is 1. The van der Waals surface area contributed by atoms with Gasteiger partial charge < -0.3 is 15.1 Å². The molecule has 2 aromatic rings. The van der Waals surface area contributed by atoms with Gasteiger partial charge in [-0.15, -0.1) is 0 Å². The Hall–Kier alpha value is -3.02. The molecular formula is C20H25N5O5S. The SMILES string of the molecule is CN1CCN(S(=O)(=O)c2cccc(NC(=O)c3cc([N+](=O)[O-])ccc3N(C)C)c2)CC1. The summed E-state index contributed by atoms with van der Waals surface area (Å²) in [5, 5.41) is 13.8. The normalized spacial score (nSPS) is 15.5. The zero-order valence-electron chi connectivity index (χ0n) is 17.6. The molecular weight excluding hydrogens is 422 g/mol. The van der Waals surface area contributed by atoms with Gasteiger partial charge in [-0.1, -0.05) is 6.07 Å². The minimum absolute atomic E-state index is 0.0849. The number of anilines is 2. The van der Waals surface area contributed by atoms with Gasteiger partial charge in [0, 0.05) is 63.8 Å². The van der Waals surface area contributed by atoms with E-state index in [1.165, 1.54) is 34.6 Å². The molecule has 2 aromatic carbocycles. The standard InChI is InChI=1S/C20H25N5O5S/c1-22(2)19-8-7-16(25(27)28)14-18(19)20(26)21-15-5-4-6-17(13-15)31(29,30)24-11-9-23(3)10-12-24/h4-8,13-14H,9-12H2,1-3H3,(H,21,26). The fraction of sp³-hybridized carbons (Fsp3) is 0.350. The van der Waals surface area contributed by atoms with Gasteiger partial charge in [-0.2, -0.15) is 4.31 Å². The molecule has 10 nitrogen and oxygen atoms in total. The van der Waals surface area contributed by atoms with Gasteiger partial charge in [-0.25, -0.2) is 8.42 Å². The van der Waals surface area contributed by atoms with Gasteiger partial charge in [-0.05, 0) is 31.3 Å². The first-order valence-corrected chi connectivity index (χ1v) is 11.1. The highest BCUT2D eigenvalue weighted by Crippen LogP contribution is 2.26. The molecule has 11 heteroatoms. The van der Waals surface area contributed by atoms with E-state index in [0.717, 1.165) is 0 Å². The molecule has 0 atom stereocenters. The summed E-state index contributed by atoms with van der Waals surface area (Å²) in [5.74, 6) is -0.568. The van der Waals surface area contributed by atoms with E-state index in [-0.39, 0.29) is 21.8 Å². The zero-order chi connectivity index (χ0) is 22.8. The first-order valence-electron chi connectivity index (χ1n) is 9.65. The molecule has 1 fully saturated rings. The van der Waals surface area contributed by atoms with Gasteiger partial charge in [0.2, 0.25) is 10.0 Å². The third-order valence-corrected chi connectivity index (χ3v) is 7.00. The van der Waals surface area contributed by atoms with Gasteiger partial charge in [-0.3, -0.25) is 14.9 Å². The maximum atomic E-state index is 13.0. The number of nitro benzene ring substituents is 1. The molecule has 1 saturated heterocycles. The van der Waals surface area contributed by atoms with Crippen LogP contribution in [0.15, 0.2) is 47.4 Å². The molecule has 0 bridgehead atoms. The summed E-state index contributed by atoms with van der Waals surface area (Å²) in [6.45, 7) is 2.09. The number of non-ortho nitro benzene ring substituents is 1. The van der Waals surface area contributed by atoms with Crippen LogP contribution in [0.4, 0.5) is 17.1 Å². The number of carbonyl (C=O) groups excluding carboxylic acids is 1. The maximum absolute atomic E-state index is 13.0. The molecule has 1 amide bonds. The van der Waals surface area contributed by atoms with Gasteiger partial charge >= 0.3 is 0 Å². The topological polar surface area (TPSA) is 116 Å². The van der Waals surface area contributed by atoms with Crippen LogP contribution in [0.5, 0.6) is 0 Å². The molecule has 0 aliphatic carbocycles. The average molecular weight is 448 g/mol. The lowest BCUT2D eigenvalue weighted by Gasteiger charge is -2.31. The summed E-state index contributed by atoms with van der Waals surface area (Å²) in [6.07, 6.45) is 0. The largest absolute Gasteiger partial charge is 0.377 e. The molecule has 166 valence electrons. The molecule has 31 heavy (non-hydrogen) atoms. The molecule has 0 radical (unpaired) electrons. The predicted octanol–water partition coefficient (Wildman–Crippen LogP) is 1.85. The Kier molecular flexibility index (Phi) is 6.58. The van der Waals surface area contributed by atoms with E-state index < -0.39 is 20.9 Å². The number of likely N-dealkylation sites (N-methyl/N-ethyl adjacent to an activating group) is 1. The monoisotopic (exact) mass is 447 g/mol. The van der Waals surface area contributed by atoms with Crippen molar-refractivity contribution in [3.63, 3.8) is 0 Å². The number of nitrogens with one attached hydrogen (secondary N) is 1. The van der Waals surface area contributed by atoms with Crippen molar-refractivity contribution in [2.24, 2.45) is 0 Å². The Bertz CT molecular complexity index is 1090. The van der Waals surface area contributed by atoms with Crippen LogP contribution in [0.1, 0.15) is 10.4 Å². The van der Waals surface area contributed by atoms with E-state index in [4.69, 9.17) is 0 Å². The summed E-state index contributed by atoms with van der Waals surface area (Å²) >= 11 is 0. The van der Waals surface area contributed by atoms with Crippen molar-refractivity contribution >= 4 is 33.0 Å². The van der Waals surface area contributed by atoms with Crippen molar-refractivity contribution in [1.29, 1.82) is 0 Å². The first kappa shape index (κ1) is 22.7. The van der Waals surface area contributed by atoms with Gasteiger partial charge in [0.1, 0.15) is 0 Å². The van der Waals surface area contributed by atoms with E-state index in [2.05, 4.69) is 10.2 Å². The fourth-order valence-corrected chi connectivity index (χ4v) is 4.79. The number of sulfonamides is 1. The van der Waals surface area contributed by atoms with Crippen LogP contribution in [0.3, 0.4) is 0 Å². The quantitative estimate of drug-likeness (QED) is 0.531. The third-order valence-electron chi connectivity index (χ3n) is 5.11. The van der Waals surface area contributed by atoms with Crippen LogP contribution in [-0.4, -0.2) is 75.8 Å². The minimum Gasteiger partial charge on any atom is -0.377 e. The van der Waals surface area contributed by atoms with Crippen molar-refractivity contribution in [3.8, 4) is 0 Å². The summed E-state index contributed by atoms with van der Waals surface area (Å²) in [4.78, 5) is 27.3. The molecule has 1 aliphatic heterocycles. The second-order valence-corrected chi connectivity index (χ2v) is 9.48. The van der Waals surface area contributed by atoms with E-state index >= 15 is 0 Å². The maximum Gasteiger partial charge on any atom is 0.270 e. The lowest BCUT2D eigenvalue weighted by molar-refractivity contribution is -0.384. The molecule has 1 aliphatic rings. The van der Waals surface area contributed by atoms with Crippen molar-refractivity contribution in [2.45, 2.75) is 4.90 Å². The molecule has 3 rings (SSSR count). The van der Waals surface area contributed by atoms with Crippen LogP contribution in [0.25, 0.3) is 0 Å². The van der Waals surface area contributed by atoms with Gasteiger partial charge in [0.15, 0.2) is 0 Å². The van der Waals surface area contributed by atoms with Crippen molar-refractivity contribution < 1.29 is 18.1 Å². The van der Waals surface area contributed by atoms with Crippen molar-refractivity contribution in [3.05, 3.63) is 58.1 Å². The van der Waals surface area contributed by atoms with Crippen LogP contribution in [0.2, 0.25) is 0 Å². The lowest BCUT2D eigenvalue weighted by atomic mass is 10.1. The van der Waals surface area contributed by atoms with E-state index in [1.54, 1.807) is 31.1 Å². The van der Waals surface area contributed by atoms with E-state index in [1.807, 2.05) is 7.05 Å². The highest BCUT2D eigenvalue weighted by atomic mass is 32.2. The Morgan fingerprint density at radius 1 is 1.10 bits per heavy atom. The number of nitrogens with zero attached hydrogens (tertiary/aromatic N) is 4. The Morgan fingerprint density at radius 3 is 2.39 bits per heavy atom. The second-order valence-electron chi connectivity index (χ2n) is 7.54. The van der Waals surface area contributed by atoms with E-state index in [0.29, 0.717) is 31.9 Å².